The van der Waals surface area contributed by atoms with E-state index in [1.54, 1.807) is 0 Å². The third-order valence-electron chi connectivity index (χ3n) is 3.08. The Labute approximate surface area is 116 Å². The maximum absolute atomic E-state index is 5.41. The maximum atomic E-state index is 5.41. The van der Waals surface area contributed by atoms with Gasteiger partial charge in [0.25, 0.3) is 0 Å². The lowest BCUT2D eigenvalue weighted by molar-refractivity contribution is -0.856. The van der Waals surface area contributed by atoms with E-state index in [4.69, 9.17) is 12.2 Å². The molecule has 2 N–H and O–H groups in total. The molecule has 0 radical (unpaired) electrons. The van der Waals surface area contributed by atoms with Crippen molar-refractivity contribution in [3.63, 3.8) is 0 Å². The molecule has 0 heterocycles. The van der Waals surface area contributed by atoms with Crippen LogP contribution in [0.15, 0.2) is 30.3 Å². The van der Waals surface area contributed by atoms with Gasteiger partial charge in [-0.15, -0.1) is 0 Å². The average molecular weight is 266 g/mol. The van der Waals surface area contributed by atoms with Gasteiger partial charge in [0, 0.05) is 7.05 Å². The van der Waals surface area contributed by atoms with E-state index >= 15 is 0 Å². The van der Waals surface area contributed by atoms with Gasteiger partial charge in [-0.25, -0.2) is 0 Å². The summed E-state index contributed by atoms with van der Waals surface area (Å²) in [6.07, 6.45) is 0. The molecule has 0 saturated carbocycles. The Morgan fingerprint density at radius 3 is 2.50 bits per heavy atom. The number of quaternary nitrogens is 1. The van der Waals surface area contributed by atoms with Gasteiger partial charge in [0.2, 0.25) is 0 Å². The Bertz CT molecular complexity index is 365. The Morgan fingerprint density at radius 1 is 1.33 bits per heavy atom. The van der Waals surface area contributed by atoms with Crippen LogP contribution < -0.4 is 10.2 Å². The minimum atomic E-state index is 0.290. The Hall–Kier alpha value is -1.13. The fourth-order valence-electron chi connectivity index (χ4n) is 1.68. The van der Waals surface area contributed by atoms with Gasteiger partial charge in [-0.05, 0) is 24.7 Å². The molecule has 0 spiro atoms. The summed E-state index contributed by atoms with van der Waals surface area (Å²) >= 11 is 5.41. The minimum Gasteiger partial charge on any atom is -0.357 e. The van der Waals surface area contributed by atoms with E-state index in [0.717, 1.165) is 18.2 Å². The molecule has 100 valence electrons. The van der Waals surface area contributed by atoms with Crippen LogP contribution in [0.3, 0.4) is 0 Å². The second-order valence-corrected chi connectivity index (χ2v) is 5.27. The van der Waals surface area contributed by atoms with Crippen molar-refractivity contribution in [3.8, 4) is 0 Å². The van der Waals surface area contributed by atoms with Gasteiger partial charge < -0.3 is 15.1 Å². The van der Waals surface area contributed by atoms with Crippen LogP contribution >= 0.6 is 12.2 Å². The lowest BCUT2D eigenvalue weighted by Crippen LogP contribution is -3.06. The molecular weight excluding hydrogens is 242 g/mol. The summed E-state index contributed by atoms with van der Waals surface area (Å²) in [6.45, 7) is 4.14. The van der Waals surface area contributed by atoms with Gasteiger partial charge in [-0.3, -0.25) is 0 Å². The maximum Gasteiger partial charge on any atom is 0.169 e. The molecule has 0 aliphatic carbocycles. The largest absolute Gasteiger partial charge is 0.357 e. The van der Waals surface area contributed by atoms with Crippen molar-refractivity contribution in [3.05, 3.63) is 35.9 Å². The van der Waals surface area contributed by atoms with Crippen molar-refractivity contribution in [2.45, 2.75) is 13.0 Å². The normalized spacial score (nSPS) is 12.3. The van der Waals surface area contributed by atoms with Crippen LogP contribution in [0, 0.1) is 0 Å². The highest BCUT2D eigenvalue weighted by Gasteiger charge is 2.13. The molecule has 0 bridgehead atoms. The molecule has 0 aromatic heterocycles. The van der Waals surface area contributed by atoms with Crippen molar-refractivity contribution in [1.82, 2.24) is 10.2 Å². The number of hydrogen-bond donors (Lipinski definition) is 2. The zero-order chi connectivity index (χ0) is 13.5. The van der Waals surface area contributed by atoms with E-state index in [9.17, 15) is 0 Å². The average Bonchev–Trinajstić information content (AvgIpc) is 2.37. The molecule has 0 saturated heterocycles. The highest BCUT2D eigenvalue weighted by Crippen LogP contribution is 2.17. The molecule has 0 amide bonds. The van der Waals surface area contributed by atoms with Gasteiger partial charge in [0.15, 0.2) is 5.11 Å². The second kappa shape index (κ2) is 7.34. The molecular formula is C14H24N3S+. The van der Waals surface area contributed by atoms with Gasteiger partial charge in [0.1, 0.15) is 0 Å². The third kappa shape index (κ3) is 4.63. The van der Waals surface area contributed by atoms with Crippen molar-refractivity contribution in [2.75, 3.05) is 34.2 Å². The van der Waals surface area contributed by atoms with Gasteiger partial charge in [0.05, 0.1) is 33.2 Å². The zero-order valence-electron chi connectivity index (χ0n) is 11.7. The fraction of sp³-hybridized carbons (Fsp3) is 0.500. The number of nitrogens with zero attached hydrogens (tertiary/aromatic N) is 1. The van der Waals surface area contributed by atoms with E-state index < -0.39 is 0 Å². The van der Waals surface area contributed by atoms with Crippen LogP contribution in [0.25, 0.3) is 0 Å². The van der Waals surface area contributed by atoms with Crippen LogP contribution in [0.4, 0.5) is 0 Å². The molecule has 18 heavy (non-hydrogen) atoms. The summed E-state index contributed by atoms with van der Waals surface area (Å²) in [6, 6.07) is 10.7. The summed E-state index contributed by atoms with van der Waals surface area (Å²) in [5.74, 6) is 0. The monoisotopic (exact) mass is 266 g/mol. The number of hydrogen-bond acceptors (Lipinski definition) is 1. The van der Waals surface area contributed by atoms with E-state index in [2.05, 4.69) is 55.5 Å². The van der Waals surface area contributed by atoms with E-state index in [1.807, 2.05) is 13.1 Å². The standard InChI is InChI=1S/C14H23N3S/c1-12(13-8-6-5-7-9-13)17(4)14(18)15-10-11-16(2)3/h5-9,12H,10-11H2,1-4H3,(H,15,18)/p+1/t12-/m0/s1. The number of nitrogens with one attached hydrogen (secondary N) is 2. The Morgan fingerprint density at radius 2 is 1.94 bits per heavy atom. The van der Waals surface area contributed by atoms with Crippen LogP contribution in [0.1, 0.15) is 18.5 Å². The van der Waals surface area contributed by atoms with Crippen LogP contribution in [-0.4, -0.2) is 44.2 Å². The lowest BCUT2D eigenvalue weighted by atomic mass is 10.1. The highest BCUT2D eigenvalue weighted by molar-refractivity contribution is 7.80. The molecule has 0 unspecified atom stereocenters. The van der Waals surface area contributed by atoms with Gasteiger partial charge in [-0.1, -0.05) is 30.3 Å². The van der Waals surface area contributed by atoms with E-state index in [1.165, 1.54) is 10.5 Å². The smallest absolute Gasteiger partial charge is 0.169 e. The van der Waals surface area contributed by atoms with Gasteiger partial charge in [-0.2, -0.15) is 0 Å². The second-order valence-electron chi connectivity index (χ2n) is 4.89. The van der Waals surface area contributed by atoms with Crippen LogP contribution in [0.5, 0.6) is 0 Å². The Balaban J connectivity index is 2.48. The van der Waals surface area contributed by atoms with E-state index in [0.29, 0.717) is 0 Å². The summed E-state index contributed by atoms with van der Waals surface area (Å²) < 4.78 is 0. The SMILES string of the molecule is C[C@@H](c1ccccc1)N(C)C(=S)NCC[NH+](C)C. The van der Waals surface area contributed by atoms with Crippen molar-refractivity contribution in [2.24, 2.45) is 0 Å². The third-order valence-corrected chi connectivity index (χ3v) is 3.52. The minimum absolute atomic E-state index is 0.290. The van der Waals surface area contributed by atoms with E-state index in [-0.39, 0.29) is 6.04 Å². The van der Waals surface area contributed by atoms with Crippen molar-refractivity contribution in [1.29, 1.82) is 0 Å². The molecule has 1 rings (SSSR count). The number of likely N-dealkylation sites (N-methyl/N-ethyl adjacent to an activating group) is 1. The molecule has 1 atom stereocenters. The molecule has 0 aliphatic heterocycles. The van der Waals surface area contributed by atoms with Crippen LogP contribution in [0.2, 0.25) is 0 Å². The molecule has 1 aromatic carbocycles. The predicted molar refractivity (Wildman–Crippen MR) is 80.9 cm³/mol. The van der Waals surface area contributed by atoms with Crippen molar-refractivity contribution < 1.29 is 4.90 Å². The summed E-state index contributed by atoms with van der Waals surface area (Å²) in [7, 11) is 6.32. The lowest BCUT2D eigenvalue weighted by Gasteiger charge is -2.28. The molecule has 0 aliphatic rings. The van der Waals surface area contributed by atoms with Crippen LogP contribution in [-0.2, 0) is 0 Å². The Kier molecular flexibility index (Phi) is 6.09. The number of thiocarbonyl (C=S) groups is 1. The first-order chi connectivity index (χ1) is 8.52. The van der Waals surface area contributed by atoms with Crippen molar-refractivity contribution >= 4 is 17.3 Å². The molecule has 4 heteroatoms. The first kappa shape index (κ1) is 14.9. The number of benzene rings is 1. The topological polar surface area (TPSA) is 19.7 Å². The summed E-state index contributed by atoms with van der Waals surface area (Å²) in [5.41, 5.74) is 1.28. The number of rotatable bonds is 5. The first-order valence-electron chi connectivity index (χ1n) is 6.37. The summed E-state index contributed by atoms with van der Waals surface area (Å²) in [4.78, 5) is 3.53. The fourth-order valence-corrected chi connectivity index (χ4v) is 1.94. The summed E-state index contributed by atoms with van der Waals surface area (Å²) in [5, 5.41) is 4.11. The predicted octanol–water partition coefficient (Wildman–Crippen LogP) is 0.698. The quantitative estimate of drug-likeness (QED) is 0.766. The zero-order valence-corrected chi connectivity index (χ0v) is 12.6. The van der Waals surface area contributed by atoms with Gasteiger partial charge >= 0.3 is 0 Å². The first-order valence-corrected chi connectivity index (χ1v) is 6.78. The highest BCUT2D eigenvalue weighted by atomic mass is 32.1. The molecule has 3 nitrogen and oxygen atoms in total. The molecule has 0 fully saturated rings. The molecule has 1 aromatic rings.